The zero-order valence-electron chi connectivity index (χ0n) is 12.1. The predicted octanol–water partition coefficient (Wildman–Crippen LogP) is 1.21. The first kappa shape index (κ1) is 17.8. The molecule has 0 saturated heterocycles. The first-order valence-electron chi connectivity index (χ1n) is 6.98. The summed E-state index contributed by atoms with van der Waals surface area (Å²) in [7, 11) is 1.94. The molecule has 0 aliphatic rings. The topological polar surface area (TPSA) is 75.3 Å². The molecule has 5 nitrogen and oxygen atoms in total. The molecule has 0 fully saturated rings. The van der Waals surface area contributed by atoms with Crippen molar-refractivity contribution in [2.45, 2.75) is 51.9 Å². The molecule has 0 aliphatic heterocycles. The lowest BCUT2D eigenvalue weighted by molar-refractivity contribution is -0.128. The third-order valence-corrected chi connectivity index (χ3v) is 2.75. The fourth-order valence-corrected chi connectivity index (χ4v) is 1.72. The summed E-state index contributed by atoms with van der Waals surface area (Å²) >= 11 is 0. The first-order chi connectivity index (χ1) is 9.06. The Morgan fingerprint density at radius 2 is 1.53 bits per heavy atom. The van der Waals surface area contributed by atoms with Crippen molar-refractivity contribution in [3.05, 3.63) is 0 Å². The molecule has 110 valence electrons. The number of hydrogen-bond acceptors (Lipinski definition) is 4. The molecule has 0 aromatic heterocycles. The van der Waals surface area contributed by atoms with Crippen molar-refractivity contribution in [3.8, 4) is 0 Å². The van der Waals surface area contributed by atoms with Gasteiger partial charge in [0, 0.05) is 19.4 Å². The van der Waals surface area contributed by atoms with Crippen molar-refractivity contribution in [1.29, 1.82) is 0 Å². The van der Waals surface area contributed by atoms with Crippen LogP contribution >= 0.6 is 0 Å². The van der Waals surface area contributed by atoms with E-state index in [2.05, 4.69) is 10.6 Å². The molecule has 0 atom stereocenters. The third kappa shape index (κ3) is 13.0. The highest BCUT2D eigenvalue weighted by Crippen LogP contribution is 1.99. The Labute approximate surface area is 115 Å². The predicted molar refractivity (Wildman–Crippen MR) is 74.9 cm³/mol. The average Bonchev–Trinajstić information content (AvgIpc) is 2.34. The van der Waals surface area contributed by atoms with Crippen LogP contribution in [0.2, 0.25) is 0 Å². The Hall–Kier alpha value is -1.23. The van der Waals surface area contributed by atoms with Crippen LogP contribution in [0.25, 0.3) is 0 Å². The van der Waals surface area contributed by atoms with E-state index in [0.717, 1.165) is 32.2 Å². The summed E-state index contributed by atoms with van der Waals surface area (Å²) in [6.07, 6.45) is 4.68. The lowest BCUT2D eigenvalue weighted by Gasteiger charge is -2.05. The number of carbonyl (C=O) groups is 3. The molecule has 0 bridgehead atoms. The summed E-state index contributed by atoms with van der Waals surface area (Å²) < 4.78 is 0. The summed E-state index contributed by atoms with van der Waals surface area (Å²) in [4.78, 5) is 33.3. The zero-order valence-corrected chi connectivity index (χ0v) is 12.1. The molecule has 0 aromatic carbocycles. The highest BCUT2D eigenvalue weighted by Gasteiger charge is 2.08. The van der Waals surface area contributed by atoms with E-state index in [1.807, 2.05) is 7.05 Å². The van der Waals surface area contributed by atoms with Crippen molar-refractivity contribution >= 4 is 17.5 Å². The molecule has 0 spiro atoms. The van der Waals surface area contributed by atoms with E-state index in [9.17, 15) is 14.4 Å². The number of unbranched alkanes of at least 4 members (excludes halogenated alkanes) is 3. The smallest absolute Gasteiger partial charge is 0.220 e. The highest BCUT2D eigenvalue weighted by atomic mass is 16.2. The molecule has 5 heteroatoms. The van der Waals surface area contributed by atoms with Crippen LogP contribution in [0, 0.1) is 0 Å². The van der Waals surface area contributed by atoms with Gasteiger partial charge in [0.2, 0.25) is 5.91 Å². The van der Waals surface area contributed by atoms with Gasteiger partial charge in [-0.1, -0.05) is 12.8 Å². The van der Waals surface area contributed by atoms with E-state index < -0.39 is 0 Å². The maximum Gasteiger partial charge on any atom is 0.220 e. The molecule has 0 unspecified atom stereocenters. The second kappa shape index (κ2) is 11.8. The van der Waals surface area contributed by atoms with E-state index in [1.165, 1.54) is 6.92 Å². The van der Waals surface area contributed by atoms with E-state index in [0.29, 0.717) is 6.54 Å². The van der Waals surface area contributed by atoms with Crippen LogP contribution in [0.3, 0.4) is 0 Å². The van der Waals surface area contributed by atoms with Crippen LogP contribution in [0.1, 0.15) is 51.9 Å². The van der Waals surface area contributed by atoms with E-state index in [1.54, 1.807) is 0 Å². The average molecular weight is 270 g/mol. The van der Waals surface area contributed by atoms with Gasteiger partial charge in [0.05, 0.1) is 6.42 Å². The molecular weight excluding hydrogens is 244 g/mol. The van der Waals surface area contributed by atoms with Crippen molar-refractivity contribution in [2.24, 2.45) is 0 Å². The number of ketones is 2. The van der Waals surface area contributed by atoms with Crippen molar-refractivity contribution in [2.75, 3.05) is 20.1 Å². The lowest BCUT2D eigenvalue weighted by Crippen LogP contribution is -2.25. The molecule has 1 amide bonds. The molecule has 2 N–H and O–H groups in total. The molecular formula is C14H26N2O3. The summed E-state index contributed by atoms with van der Waals surface area (Å²) in [5, 5.41) is 5.88. The summed E-state index contributed by atoms with van der Waals surface area (Å²) in [6.45, 7) is 3.08. The van der Waals surface area contributed by atoms with Crippen LogP contribution < -0.4 is 10.6 Å². The second-order valence-electron chi connectivity index (χ2n) is 4.79. The summed E-state index contributed by atoms with van der Waals surface area (Å²) in [6, 6.07) is 0. The number of hydrogen-bond donors (Lipinski definition) is 2. The molecule has 0 aromatic rings. The third-order valence-electron chi connectivity index (χ3n) is 2.75. The minimum Gasteiger partial charge on any atom is -0.356 e. The van der Waals surface area contributed by atoms with Crippen LogP contribution in [0.4, 0.5) is 0 Å². The summed E-state index contributed by atoms with van der Waals surface area (Å²) in [5.74, 6) is -0.409. The maximum absolute atomic E-state index is 11.4. The molecule has 0 rings (SSSR count). The van der Waals surface area contributed by atoms with Crippen molar-refractivity contribution in [1.82, 2.24) is 10.6 Å². The van der Waals surface area contributed by atoms with Gasteiger partial charge in [-0.25, -0.2) is 0 Å². The normalized spacial score (nSPS) is 10.2. The maximum atomic E-state index is 11.4. The standard InChI is InChI=1S/C14H26N2O3/c1-12(17)11-13(18)7-8-14(19)16-10-6-4-3-5-9-15-2/h15H,3-11H2,1-2H3,(H,16,19). The fourth-order valence-electron chi connectivity index (χ4n) is 1.72. The molecule has 19 heavy (non-hydrogen) atoms. The zero-order chi connectivity index (χ0) is 14.5. The summed E-state index contributed by atoms with van der Waals surface area (Å²) in [5.41, 5.74) is 0. The Balaban J connectivity index is 3.39. The van der Waals surface area contributed by atoms with Gasteiger partial charge in [0.1, 0.15) is 11.6 Å². The highest BCUT2D eigenvalue weighted by molar-refractivity contribution is 5.99. The molecule has 0 aliphatic carbocycles. The Kier molecular flexibility index (Phi) is 11.1. The number of nitrogens with one attached hydrogen (secondary N) is 2. The van der Waals surface area contributed by atoms with Gasteiger partial charge < -0.3 is 10.6 Å². The minimum atomic E-state index is -0.158. The lowest BCUT2D eigenvalue weighted by atomic mass is 10.1. The van der Waals surface area contributed by atoms with E-state index in [4.69, 9.17) is 0 Å². The number of amides is 1. The molecule has 0 saturated carbocycles. The van der Waals surface area contributed by atoms with Gasteiger partial charge in [0.15, 0.2) is 0 Å². The van der Waals surface area contributed by atoms with E-state index in [-0.39, 0.29) is 36.7 Å². The molecule has 0 heterocycles. The molecule has 0 radical (unpaired) electrons. The minimum absolute atomic E-state index is 0.0568. The van der Waals surface area contributed by atoms with Gasteiger partial charge in [-0.2, -0.15) is 0 Å². The SMILES string of the molecule is CNCCCCCCNC(=O)CCC(=O)CC(C)=O. The quantitative estimate of drug-likeness (QED) is 0.413. The monoisotopic (exact) mass is 270 g/mol. The van der Waals surface area contributed by atoms with Gasteiger partial charge in [-0.3, -0.25) is 14.4 Å². The second-order valence-corrected chi connectivity index (χ2v) is 4.79. The van der Waals surface area contributed by atoms with Gasteiger partial charge in [-0.05, 0) is 33.4 Å². The van der Waals surface area contributed by atoms with E-state index >= 15 is 0 Å². The number of rotatable bonds is 12. The van der Waals surface area contributed by atoms with Crippen LogP contribution in [0.15, 0.2) is 0 Å². The van der Waals surface area contributed by atoms with Gasteiger partial charge in [-0.15, -0.1) is 0 Å². The van der Waals surface area contributed by atoms with Crippen molar-refractivity contribution < 1.29 is 14.4 Å². The van der Waals surface area contributed by atoms with Gasteiger partial charge in [0.25, 0.3) is 0 Å². The largest absolute Gasteiger partial charge is 0.356 e. The van der Waals surface area contributed by atoms with Gasteiger partial charge >= 0.3 is 0 Å². The van der Waals surface area contributed by atoms with Crippen LogP contribution in [0.5, 0.6) is 0 Å². The number of carbonyl (C=O) groups excluding carboxylic acids is 3. The Bertz CT molecular complexity index is 290. The Morgan fingerprint density at radius 1 is 0.895 bits per heavy atom. The van der Waals surface area contributed by atoms with Crippen LogP contribution in [-0.4, -0.2) is 37.6 Å². The fraction of sp³-hybridized carbons (Fsp3) is 0.786. The Morgan fingerprint density at radius 3 is 2.11 bits per heavy atom. The number of Topliss-reactive ketones (excluding diaryl/α,β-unsaturated/α-hetero) is 2. The van der Waals surface area contributed by atoms with Crippen molar-refractivity contribution in [3.63, 3.8) is 0 Å². The van der Waals surface area contributed by atoms with Crippen LogP contribution in [-0.2, 0) is 14.4 Å². The first-order valence-corrected chi connectivity index (χ1v) is 6.98.